The van der Waals surface area contributed by atoms with E-state index in [-0.39, 0.29) is 35.9 Å². The van der Waals surface area contributed by atoms with Crippen LogP contribution in [0.1, 0.15) is 58.8 Å². The molecule has 1 N–H and O–H groups in total. The molecule has 0 spiro atoms. The van der Waals surface area contributed by atoms with Gasteiger partial charge in [-0.1, -0.05) is 12.5 Å². The van der Waals surface area contributed by atoms with Gasteiger partial charge >= 0.3 is 6.09 Å². The second kappa shape index (κ2) is 7.79. The van der Waals surface area contributed by atoms with Crippen molar-refractivity contribution in [3.8, 4) is 0 Å². The number of hydrogen-bond donors (Lipinski definition) is 1. The van der Waals surface area contributed by atoms with Gasteiger partial charge in [0.25, 0.3) is 0 Å². The molecule has 3 aliphatic heterocycles. The highest BCUT2D eigenvalue weighted by molar-refractivity contribution is 5.68. The van der Waals surface area contributed by atoms with Crippen LogP contribution in [0.4, 0.5) is 4.79 Å². The van der Waals surface area contributed by atoms with Crippen LogP contribution in [0.25, 0.3) is 0 Å². The van der Waals surface area contributed by atoms with Gasteiger partial charge in [0, 0.05) is 25.6 Å². The summed E-state index contributed by atoms with van der Waals surface area (Å²) in [7, 11) is 0. The monoisotopic (exact) mass is 419 g/mol. The van der Waals surface area contributed by atoms with E-state index in [1.807, 2.05) is 0 Å². The number of likely N-dealkylation sites (tertiary alicyclic amines) is 1. The van der Waals surface area contributed by atoms with Gasteiger partial charge in [0.2, 0.25) is 0 Å². The van der Waals surface area contributed by atoms with Crippen LogP contribution in [0, 0.1) is 23.2 Å². The molecule has 2 aliphatic carbocycles. The van der Waals surface area contributed by atoms with Gasteiger partial charge < -0.3 is 24.2 Å². The lowest BCUT2D eigenvalue weighted by Gasteiger charge is -2.61. The molecule has 6 heteroatoms. The van der Waals surface area contributed by atoms with Crippen molar-refractivity contribution in [1.29, 1.82) is 0 Å². The van der Waals surface area contributed by atoms with Crippen LogP contribution < -0.4 is 0 Å². The maximum Gasteiger partial charge on any atom is 0.410 e. The summed E-state index contributed by atoms with van der Waals surface area (Å²) in [4.78, 5) is 13.7. The summed E-state index contributed by atoms with van der Waals surface area (Å²) >= 11 is 0. The van der Waals surface area contributed by atoms with E-state index in [2.05, 4.69) is 19.9 Å². The molecule has 5 aliphatic rings. The topological polar surface area (TPSA) is 68.2 Å². The number of hydrogen-bond acceptors (Lipinski definition) is 5. The van der Waals surface area contributed by atoms with Crippen LogP contribution in [0.3, 0.4) is 0 Å². The Labute approximate surface area is 179 Å². The minimum absolute atomic E-state index is 0.0512. The zero-order chi connectivity index (χ0) is 20.9. The zero-order valence-corrected chi connectivity index (χ0v) is 18.5. The summed E-state index contributed by atoms with van der Waals surface area (Å²) in [5.41, 5.74) is 1.48. The first kappa shape index (κ1) is 20.8. The molecule has 7 atom stereocenters. The number of carbonyl (C=O) groups is 1. The molecule has 3 saturated heterocycles. The number of fused-ring (bicyclic) bond motifs is 5. The van der Waals surface area contributed by atoms with Gasteiger partial charge in [0.1, 0.15) is 6.61 Å². The summed E-state index contributed by atoms with van der Waals surface area (Å²) in [6, 6.07) is 0. The normalized spacial score (nSPS) is 46.6. The highest BCUT2D eigenvalue weighted by atomic mass is 16.6. The van der Waals surface area contributed by atoms with Crippen molar-refractivity contribution in [1.82, 2.24) is 4.90 Å². The van der Waals surface area contributed by atoms with Gasteiger partial charge in [-0.05, 0) is 75.2 Å². The quantitative estimate of drug-likeness (QED) is 0.709. The van der Waals surface area contributed by atoms with Gasteiger partial charge in [0.05, 0.1) is 24.4 Å². The van der Waals surface area contributed by atoms with Crippen molar-refractivity contribution in [2.45, 2.75) is 76.6 Å². The maximum atomic E-state index is 11.9. The van der Waals surface area contributed by atoms with Crippen LogP contribution in [-0.4, -0.2) is 66.8 Å². The standard InChI is InChI=1S/C24H37NO5/c1-23-8-4-16(6-12-28-22(27)25-10-3-11-25)14-19(23)20(15-26)30-21-17(23)5-9-24(2)18(21)7-13-29-24/h6,17-21,26H,3-5,7-15H2,1-2H3/t17?,18?,19?,20-,21?,23-,24+/m1/s1. The molecule has 1 amide bonds. The third kappa shape index (κ3) is 3.30. The van der Waals surface area contributed by atoms with E-state index < -0.39 is 0 Å². The van der Waals surface area contributed by atoms with Gasteiger partial charge in [0.15, 0.2) is 0 Å². The second-order valence-corrected chi connectivity index (χ2v) is 10.6. The molecular weight excluding hydrogens is 382 g/mol. The van der Waals surface area contributed by atoms with Gasteiger partial charge in [-0.2, -0.15) is 0 Å². The van der Waals surface area contributed by atoms with E-state index in [1.165, 1.54) is 5.57 Å². The van der Waals surface area contributed by atoms with Gasteiger partial charge in [-0.15, -0.1) is 0 Å². The molecule has 168 valence electrons. The smallest absolute Gasteiger partial charge is 0.410 e. The minimum atomic E-state index is -0.195. The summed E-state index contributed by atoms with van der Waals surface area (Å²) in [5.74, 6) is 1.30. The number of ether oxygens (including phenoxy) is 3. The van der Waals surface area contributed by atoms with Crippen LogP contribution >= 0.6 is 0 Å². The lowest BCUT2D eigenvalue weighted by atomic mass is 9.51. The van der Waals surface area contributed by atoms with E-state index >= 15 is 0 Å². The molecule has 3 heterocycles. The van der Waals surface area contributed by atoms with E-state index in [0.717, 1.165) is 64.6 Å². The SMILES string of the molecule is C[C@]12CCC(=CCOC(=O)N3CCC3)CC1[C@@H](CO)OC1C2CC[C@]2(C)OCCC12. The molecule has 0 radical (unpaired) electrons. The molecule has 4 unspecified atom stereocenters. The summed E-state index contributed by atoms with van der Waals surface area (Å²) in [5, 5.41) is 10.2. The molecule has 0 bridgehead atoms. The molecule has 0 aromatic heterocycles. The Morgan fingerprint density at radius 1 is 1.23 bits per heavy atom. The Balaban J connectivity index is 1.29. The molecule has 0 aromatic rings. The van der Waals surface area contributed by atoms with Crippen molar-refractivity contribution in [2.75, 3.05) is 32.9 Å². The van der Waals surface area contributed by atoms with E-state index in [1.54, 1.807) is 4.90 Å². The van der Waals surface area contributed by atoms with E-state index in [4.69, 9.17) is 14.2 Å². The largest absolute Gasteiger partial charge is 0.445 e. The number of nitrogens with zero attached hydrogens (tertiary/aromatic N) is 1. The number of aliphatic hydroxyl groups is 1. The fourth-order valence-corrected chi connectivity index (χ4v) is 7.10. The fourth-order valence-electron chi connectivity index (χ4n) is 7.10. The van der Waals surface area contributed by atoms with Crippen LogP contribution in [0.2, 0.25) is 0 Å². The maximum absolute atomic E-state index is 11.9. The lowest BCUT2D eigenvalue weighted by Crippen LogP contribution is -2.62. The number of carbonyl (C=O) groups excluding carboxylic acids is 1. The first-order valence-electron chi connectivity index (χ1n) is 11.9. The van der Waals surface area contributed by atoms with Crippen molar-refractivity contribution in [2.24, 2.45) is 23.2 Å². The summed E-state index contributed by atoms with van der Waals surface area (Å²) in [6.07, 6.45) is 9.50. The Bertz CT molecular complexity index is 706. The third-order valence-electron chi connectivity index (χ3n) is 9.20. The third-order valence-corrected chi connectivity index (χ3v) is 9.20. The Kier molecular flexibility index (Phi) is 5.39. The van der Waals surface area contributed by atoms with Crippen molar-refractivity contribution < 1.29 is 24.1 Å². The lowest BCUT2D eigenvalue weighted by molar-refractivity contribution is -0.245. The Morgan fingerprint density at radius 2 is 2.07 bits per heavy atom. The molecule has 2 saturated carbocycles. The molecule has 6 nitrogen and oxygen atoms in total. The van der Waals surface area contributed by atoms with Crippen LogP contribution in [0.15, 0.2) is 11.6 Å². The number of rotatable bonds is 3. The van der Waals surface area contributed by atoms with Crippen LogP contribution in [-0.2, 0) is 14.2 Å². The second-order valence-electron chi connectivity index (χ2n) is 10.6. The Hall–Kier alpha value is -1.11. The first-order valence-corrected chi connectivity index (χ1v) is 11.9. The summed E-state index contributed by atoms with van der Waals surface area (Å²) < 4.78 is 18.2. The number of allylic oxidation sites excluding steroid dienone is 1. The highest BCUT2D eigenvalue weighted by Crippen LogP contribution is 2.61. The van der Waals surface area contributed by atoms with Crippen molar-refractivity contribution in [3.63, 3.8) is 0 Å². The predicted octanol–water partition coefficient (Wildman–Crippen LogP) is 3.53. The summed E-state index contributed by atoms with van der Waals surface area (Å²) in [6.45, 7) is 7.60. The number of amides is 1. The number of aliphatic hydroxyl groups excluding tert-OH is 1. The van der Waals surface area contributed by atoms with E-state index in [0.29, 0.717) is 24.4 Å². The minimum Gasteiger partial charge on any atom is -0.445 e. The van der Waals surface area contributed by atoms with Gasteiger partial charge in [-0.25, -0.2) is 4.79 Å². The highest BCUT2D eigenvalue weighted by Gasteiger charge is 2.61. The van der Waals surface area contributed by atoms with Crippen molar-refractivity contribution >= 4 is 6.09 Å². The van der Waals surface area contributed by atoms with Gasteiger partial charge in [-0.3, -0.25) is 0 Å². The first-order chi connectivity index (χ1) is 14.4. The average molecular weight is 420 g/mol. The van der Waals surface area contributed by atoms with Crippen molar-refractivity contribution in [3.05, 3.63) is 11.6 Å². The fraction of sp³-hybridized carbons (Fsp3) is 0.875. The van der Waals surface area contributed by atoms with Crippen LogP contribution in [0.5, 0.6) is 0 Å². The molecule has 5 rings (SSSR count). The zero-order valence-electron chi connectivity index (χ0n) is 18.5. The Morgan fingerprint density at radius 3 is 2.80 bits per heavy atom. The average Bonchev–Trinajstić information content (AvgIpc) is 3.08. The molecule has 5 fully saturated rings. The van der Waals surface area contributed by atoms with E-state index in [9.17, 15) is 9.90 Å². The predicted molar refractivity (Wildman–Crippen MR) is 112 cm³/mol. The molecular formula is C24H37NO5. The molecule has 30 heavy (non-hydrogen) atoms. The molecule has 0 aromatic carbocycles.